The third kappa shape index (κ3) is 5.54. The third-order valence-corrected chi connectivity index (χ3v) is 7.56. The summed E-state index contributed by atoms with van der Waals surface area (Å²) in [6.45, 7) is 17.2. The number of hydrogen-bond acceptors (Lipinski definition) is 7. The molecule has 2 aromatic carbocycles. The van der Waals surface area contributed by atoms with E-state index >= 15 is 0 Å². The average molecular weight is 561 g/mol. The summed E-state index contributed by atoms with van der Waals surface area (Å²) in [5, 5.41) is 2.76. The van der Waals surface area contributed by atoms with Crippen molar-refractivity contribution in [2.75, 3.05) is 42.5 Å². The van der Waals surface area contributed by atoms with Crippen molar-refractivity contribution in [1.29, 1.82) is 0 Å². The van der Waals surface area contributed by atoms with E-state index in [0.717, 1.165) is 34.3 Å². The molecule has 10 heteroatoms. The fourth-order valence-corrected chi connectivity index (χ4v) is 5.72. The van der Waals surface area contributed by atoms with Gasteiger partial charge in [-0.3, -0.25) is 9.69 Å². The highest BCUT2D eigenvalue weighted by Gasteiger charge is 2.37. The normalized spacial score (nSPS) is 17.4. The van der Waals surface area contributed by atoms with Gasteiger partial charge in [0.05, 0.1) is 17.3 Å². The van der Waals surface area contributed by atoms with Gasteiger partial charge in [0.25, 0.3) is 0 Å². The number of ether oxygens (including phenoxy) is 1. The Morgan fingerprint density at radius 1 is 1.10 bits per heavy atom. The van der Waals surface area contributed by atoms with E-state index in [9.17, 15) is 9.59 Å². The zero-order chi connectivity index (χ0) is 28.6. The summed E-state index contributed by atoms with van der Waals surface area (Å²) in [4.78, 5) is 44.4. The van der Waals surface area contributed by atoms with Crippen LogP contribution in [0.2, 0.25) is 5.02 Å². The van der Waals surface area contributed by atoms with Crippen LogP contribution in [0.3, 0.4) is 0 Å². The molecular weight excluding hydrogens is 528 g/mol. The van der Waals surface area contributed by atoms with Gasteiger partial charge in [0.1, 0.15) is 17.5 Å². The predicted molar refractivity (Wildman–Crippen MR) is 156 cm³/mol. The van der Waals surface area contributed by atoms with Gasteiger partial charge >= 0.3 is 6.09 Å². The van der Waals surface area contributed by atoms with Crippen LogP contribution in [-0.2, 0) is 17.7 Å². The van der Waals surface area contributed by atoms with Crippen LogP contribution in [-0.4, -0.2) is 71.1 Å². The summed E-state index contributed by atoms with van der Waals surface area (Å²) >= 11 is 6.62. The number of benzene rings is 2. The second-order valence-corrected chi connectivity index (χ2v) is 11.7. The van der Waals surface area contributed by atoms with Crippen LogP contribution in [0.25, 0.3) is 15.6 Å². The highest BCUT2D eigenvalue weighted by molar-refractivity contribution is 6.36. The van der Waals surface area contributed by atoms with Crippen LogP contribution in [0.5, 0.6) is 0 Å². The van der Waals surface area contributed by atoms with Gasteiger partial charge in [-0.15, -0.1) is 0 Å². The maximum absolute atomic E-state index is 12.9. The molecule has 1 saturated heterocycles. The average Bonchev–Trinajstić information content (AvgIpc) is 2.91. The molecular formula is C30H33ClN6O3. The molecule has 5 rings (SSSR count). The molecule has 2 aliphatic heterocycles. The lowest BCUT2D eigenvalue weighted by atomic mass is 10.0. The maximum Gasteiger partial charge on any atom is 0.410 e. The molecule has 9 nitrogen and oxygen atoms in total. The molecule has 0 radical (unpaired) electrons. The summed E-state index contributed by atoms with van der Waals surface area (Å²) in [6, 6.07) is 11.7. The first-order valence-corrected chi connectivity index (χ1v) is 13.8. The Morgan fingerprint density at radius 3 is 2.55 bits per heavy atom. The molecule has 208 valence electrons. The number of Topliss-reactive ketones (excluding diaryl/α,β-unsaturated/α-hetero) is 1. The number of carbonyl (C=O) groups is 2. The molecule has 40 heavy (non-hydrogen) atoms. The van der Waals surface area contributed by atoms with Crippen LogP contribution in [0.15, 0.2) is 36.4 Å². The third-order valence-electron chi connectivity index (χ3n) is 7.24. The van der Waals surface area contributed by atoms with Crippen molar-refractivity contribution in [3.8, 4) is 0 Å². The second-order valence-electron chi connectivity index (χ2n) is 11.3. The van der Waals surface area contributed by atoms with Crippen molar-refractivity contribution in [3.63, 3.8) is 0 Å². The molecule has 0 unspecified atom stereocenters. The van der Waals surface area contributed by atoms with Crippen molar-refractivity contribution in [1.82, 2.24) is 14.9 Å². The standard InChI is InChI=1S/C30H33ClN6O3/c1-19(38)27-33-24-18-35(25-11-7-9-20-8-6-10-23(31)26(20)25)13-12-22(24)28(34-27)36-14-15-37(21(17-36)16-32-5)29(39)40-30(2,3)4/h6-11,21H,12-18H2,1-4H3/t21-/m0/s1. The highest BCUT2D eigenvalue weighted by Crippen LogP contribution is 2.36. The Morgan fingerprint density at radius 2 is 1.85 bits per heavy atom. The molecule has 0 N–H and O–H groups in total. The first kappa shape index (κ1) is 27.7. The van der Waals surface area contributed by atoms with E-state index in [0.29, 0.717) is 43.4 Å². The van der Waals surface area contributed by atoms with Gasteiger partial charge in [-0.2, -0.15) is 0 Å². The van der Waals surface area contributed by atoms with E-state index in [4.69, 9.17) is 32.9 Å². The van der Waals surface area contributed by atoms with Gasteiger partial charge < -0.3 is 19.4 Å². The fourth-order valence-electron chi connectivity index (χ4n) is 5.45. The Kier molecular flexibility index (Phi) is 7.56. The van der Waals surface area contributed by atoms with Gasteiger partial charge in [-0.25, -0.2) is 21.3 Å². The topological polar surface area (TPSA) is 83.2 Å². The number of nitrogens with zero attached hydrogens (tertiary/aromatic N) is 6. The van der Waals surface area contributed by atoms with Crippen LogP contribution < -0.4 is 9.80 Å². The molecule has 0 spiro atoms. The van der Waals surface area contributed by atoms with E-state index in [1.165, 1.54) is 6.92 Å². The maximum atomic E-state index is 12.9. The van der Waals surface area contributed by atoms with Gasteiger partial charge in [0.15, 0.2) is 11.6 Å². The molecule has 1 atom stereocenters. The Labute approximate surface area is 239 Å². The van der Waals surface area contributed by atoms with Crippen LogP contribution in [0.1, 0.15) is 49.6 Å². The molecule has 1 aromatic heterocycles. The number of ketones is 1. The number of rotatable bonds is 4. The summed E-state index contributed by atoms with van der Waals surface area (Å²) < 4.78 is 5.61. The van der Waals surface area contributed by atoms with Gasteiger partial charge in [-0.05, 0) is 44.7 Å². The van der Waals surface area contributed by atoms with Crippen LogP contribution >= 0.6 is 11.6 Å². The Bertz CT molecular complexity index is 1510. The monoisotopic (exact) mass is 560 g/mol. The number of carbonyl (C=O) groups excluding carboxylic acids is 2. The lowest BCUT2D eigenvalue weighted by molar-refractivity contribution is 0.0155. The van der Waals surface area contributed by atoms with Crippen LogP contribution in [0.4, 0.5) is 16.3 Å². The number of piperazine rings is 1. The Hall–Kier alpha value is -3.90. The first-order chi connectivity index (χ1) is 19.1. The first-order valence-electron chi connectivity index (χ1n) is 13.5. The van der Waals surface area contributed by atoms with Crippen molar-refractivity contribution in [3.05, 3.63) is 69.9 Å². The zero-order valence-corrected chi connectivity index (χ0v) is 24.0. The number of anilines is 2. The van der Waals surface area contributed by atoms with E-state index in [2.05, 4.69) is 20.7 Å². The van der Waals surface area contributed by atoms with E-state index in [1.807, 2.05) is 51.1 Å². The van der Waals surface area contributed by atoms with E-state index in [-0.39, 0.29) is 24.2 Å². The van der Waals surface area contributed by atoms with Crippen molar-refractivity contribution < 1.29 is 14.3 Å². The number of halogens is 1. The van der Waals surface area contributed by atoms with E-state index < -0.39 is 11.7 Å². The number of fused-ring (bicyclic) bond motifs is 2. The highest BCUT2D eigenvalue weighted by atomic mass is 35.5. The minimum absolute atomic E-state index is 0.151. The number of aromatic nitrogens is 2. The zero-order valence-electron chi connectivity index (χ0n) is 23.3. The quantitative estimate of drug-likeness (QED) is 0.312. The summed E-state index contributed by atoms with van der Waals surface area (Å²) in [5.41, 5.74) is 2.21. The summed E-state index contributed by atoms with van der Waals surface area (Å²) in [5.74, 6) is 0.673. The largest absolute Gasteiger partial charge is 0.444 e. The molecule has 1 amide bonds. The number of hydrogen-bond donors (Lipinski definition) is 0. The fraction of sp³-hybridized carbons (Fsp3) is 0.433. The SMILES string of the molecule is [C-]#[N+]C[C@H]1CN(c2nc(C(C)=O)nc3c2CCN(c2cccc4cccc(Cl)c24)C3)CCN1C(=O)OC(C)(C)C. The minimum atomic E-state index is -0.626. The molecule has 2 aliphatic rings. The van der Waals surface area contributed by atoms with Crippen molar-refractivity contribution in [2.24, 2.45) is 0 Å². The molecule has 3 aromatic rings. The molecule has 1 fully saturated rings. The van der Waals surface area contributed by atoms with Gasteiger partial charge in [-0.1, -0.05) is 35.9 Å². The molecule has 3 heterocycles. The van der Waals surface area contributed by atoms with Gasteiger partial charge in [0.2, 0.25) is 6.54 Å². The lowest BCUT2D eigenvalue weighted by Crippen LogP contribution is -2.57. The molecule has 0 saturated carbocycles. The minimum Gasteiger partial charge on any atom is -0.444 e. The van der Waals surface area contributed by atoms with Crippen LogP contribution in [0, 0.1) is 6.57 Å². The second kappa shape index (κ2) is 10.9. The summed E-state index contributed by atoms with van der Waals surface area (Å²) in [6.07, 6.45) is 0.267. The van der Waals surface area contributed by atoms with E-state index in [1.54, 1.807) is 4.90 Å². The van der Waals surface area contributed by atoms with Gasteiger partial charge in [0, 0.05) is 49.7 Å². The summed E-state index contributed by atoms with van der Waals surface area (Å²) in [7, 11) is 0. The van der Waals surface area contributed by atoms with Crippen molar-refractivity contribution in [2.45, 2.75) is 52.3 Å². The number of amides is 1. The molecule has 0 aliphatic carbocycles. The van der Waals surface area contributed by atoms with Crippen molar-refractivity contribution >= 4 is 45.8 Å². The predicted octanol–water partition coefficient (Wildman–Crippen LogP) is 5.39. The Balaban J connectivity index is 1.47. The lowest BCUT2D eigenvalue weighted by Gasteiger charge is -2.41. The smallest absolute Gasteiger partial charge is 0.410 e. The molecule has 0 bridgehead atoms.